The highest BCUT2D eigenvalue weighted by atomic mass is 79.9. The molecule has 17 heavy (non-hydrogen) atoms. The van der Waals surface area contributed by atoms with Gasteiger partial charge >= 0.3 is 0 Å². The SMILES string of the molecule is CC(C)Cc1nn2c(c1Br)NCCC2C1CC1. The van der Waals surface area contributed by atoms with Gasteiger partial charge < -0.3 is 5.32 Å². The predicted octanol–water partition coefficient (Wildman–Crippen LogP) is 3.61. The van der Waals surface area contributed by atoms with Gasteiger partial charge in [-0.05, 0) is 53.4 Å². The Kier molecular flexibility index (Phi) is 2.93. The molecule has 2 heterocycles. The van der Waals surface area contributed by atoms with Gasteiger partial charge in [0.05, 0.1) is 16.2 Å². The van der Waals surface area contributed by atoms with E-state index in [0.29, 0.717) is 12.0 Å². The zero-order chi connectivity index (χ0) is 12.0. The lowest BCUT2D eigenvalue weighted by molar-refractivity contribution is 0.372. The summed E-state index contributed by atoms with van der Waals surface area (Å²) in [5.74, 6) is 2.75. The molecule has 3 rings (SSSR count). The van der Waals surface area contributed by atoms with Crippen molar-refractivity contribution in [2.24, 2.45) is 11.8 Å². The minimum absolute atomic E-state index is 0.642. The second kappa shape index (κ2) is 4.30. The Balaban J connectivity index is 1.94. The minimum atomic E-state index is 0.642. The van der Waals surface area contributed by atoms with Crippen molar-refractivity contribution in [3.8, 4) is 0 Å². The predicted molar refractivity (Wildman–Crippen MR) is 73.3 cm³/mol. The van der Waals surface area contributed by atoms with Gasteiger partial charge in [-0.15, -0.1) is 0 Å². The first-order chi connectivity index (χ1) is 8.16. The van der Waals surface area contributed by atoms with Crippen molar-refractivity contribution in [1.82, 2.24) is 9.78 Å². The molecule has 1 N–H and O–H groups in total. The molecule has 0 aromatic carbocycles. The molecule has 0 spiro atoms. The summed E-state index contributed by atoms with van der Waals surface area (Å²) in [5, 5.41) is 8.33. The van der Waals surface area contributed by atoms with Gasteiger partial charge in [0.1, 0.15) is 5.82 Å². The van der Waals surface area contributed by atoms with Gasteiger partial charge in [0.25, 0.3) is 0 Å². The van der Waals surface area contributed by atoms with Crippen molar-refractivity contribution >= 4 is 21.7 Å². The van der Waals surface area contributed by atoms with Gasteiger partial charge in [0.2, 0.25) is 0 Å². The van der Waals surface area contributed by atoms with Crippen molar-refractivity contribution in [1.29, 1.82) is 0 Å². The molecule has 1 aromatic rings. The second-order valence-electron chi connectivity index (χ2n) is 5.77. The molecular formula is C13H20BrN3. The molecule has 1 aliphatic heterocycles. The first-order valence-electron chi connectivity index (χ1n) is 6.67. The molecule has 1 aliphatic carbocycles. The van der Waals surface area contributed by atoms with Crippen LogP contribution < -0.4 is 5.32 Å². The van der Waals surface area contributed by atoms with Gasteiger partial charge in [0, 0.05) is 6.54 Å². The number of anilines is 1. The van der Waals surface area contributed by atoms with E-state index in [-0.39, 0.29) is 0 Å². The average Bonchev–Trinajstić information content (AvgIpc) is 3.06. The Morgan fingerprint density at radius 3 is 2.82 bits per heavy atom. The van der Waals surface area contributed by atoms with Crippen molar-refractivity contribution in [2.75, 3.05) is 11.9 Å². The number of nitrogens with zero attached hydrogens (tertiary/aromatic N) is 2. The highest BCUT2D eigenvalue weighted by Crippen LogP contribution is 2.45. The summed E-state index contributed by atoms with van der Waals surface area (Å²) >= 11 is 3.72. The molecule has 0 radical (unpaired) electrons. The third kappa shape index (κ3) is 2.12. The third-order valence-electron chi connectivity index (χ3n) is 3.73. The number of rotatable bonds is 3. The Labute approximate surface area is 111 Å². The van der Waals surface area contributed by atoms with Crippen LogP contribution in [0, 0.1) is 11.8 Å². The molecule has 3 nitrogen and oxygen atoms in total. The molecule has 0 saturated heterocycles. The Morgan fingerprint density at radius 2 is 2.18 bits per heavy atom. The van der Waals surface area contributed by atoms with Crippen LogP contribution in [0.3, 0.4) is 0 Å². The monoisotopic (exact) mass is 297 g/mol. The summed E-state index contributed by atoms with van der Waals surface area (Å²) in [5.41, 5.74) is 1.22. The molecule has 1 fully saturated rings. The molecule has 1 saturated carbocycles. The van der Waals surface area contributed by atoms with Gasteiger partial charge in [0.15, 0.2) is 0 Å². The van der Waals surface area contributed by atoms with E-state index >= 15 is 0 Å². The van der Waals surface area contributed by atoms with Gasteiger partial charge in [-0.1, -0.05) is 13.8 Å². The Bertz CT molecular complexity index is 421. The van der Waals surface area contributed by atoms with Crippen LogP contribution in [0.5, 0.6) is 0 Å². The zero-order valence-corrected chi connectivity index (χ0v) is 12.1. The molecule has 0 bridgehead atoms. The molecule has 1 aromatic heterocycles. The average molecular weight is 298 g/mol. The summed E-state index contributed by atoms with van der Waals surface area (Å²) in [6.45, 7) is 5.58. The van der Waals surface area contributed by atoms with Crippen molar-refractivity contribution in [2.45, 2.75) is 45.6 Å². The summed E-state index contributed by atoms with van der Waals surface area (Å²) < 4.78 is 3.44. The largest absolute Gasteiger partial charge is 0.369 e. The highest BCUT2D eigenvalue weighted by Gasteiger charge is 2.36. The fourth-order valence-electron chi connectivity index (χ4n) is 2.75. The molecule has 94 valence electrons. The van der Waals surface area contributed by atoms with Gasteiger partial charge in [-0.25, -0.2) is 4.68 Å². The number of aromatic nitrogens is 2. The lowest BCUT2D eigenvalue weighted by atomic mass is 10.1. The quantitative estimate of drug-likeness (QED) is 0.924. The summed E-state index contributed by atoms with van der Waals surface area (Å²) in [4.78, 5) is 0. The number of hydrogen-bond donors (Lipinski definition) is 1. The van der Waals surface area contributed by atoms with Crippen LogP contribution in [-0.2, 0) is 6.42 Å². The van der Waals surface area contributed by atoms with Crippen LogP contribution in [0.25, 0.3) is 0 Å². The fraction of sp³-hybridized carbons (Fsp3) is 0.769. The number of hydrogen-bond acceptors (Lipinski definition) is 2. The molecule has 1 atom stereocenters. The Hall–Kier alpha value is -0.510. The first kappa shape index (κ1) is 11.6. The van der Waals surface area contributed by atoms with Crippen LogP contribution >= 0.6 is 15.9 Å². The molecule has 1 unspecified atom stereocenters. The molecule has 2 aliphatic rings. The van der Waals surface area contributed by atoms with E-state index in [1.165, 1.54) is 35.2 Å². The number of fused-ring (bicyclic) bond motifs is 1. The van der Waals surface area contributed by atoms with E-state index in [4.69, 9.17) is 5.10 Å². The van der Waals surface area contributed by atoms with E-state index in [9.17, 15) is 0 Å². The third-order valence-corrected chi connectivity index (χ3v) is 4.57. The second-order valence-corrected chi connectivity index (χ2v) is 6.57. The molecule has 0 amide bonds. The molecule has 4 heteroatoms. The maximum Gasteiger partial charge on any atom is 0.139 e. The summed E-state index contributed by atoms with van der Waals surface area (Å²) in [6, 6.07) is 0.642. The topological polar surface area (TPSA) is 29.9 Å². The van der Waals surface area contributed by atoms with E-state index in [0.717, 1.165) is 18.9 Å². The highest BCUT2D eigenvalue weighted by molar-refractivity contribution is 9.10. The van der Waals surface area contributed by atoms with E-state index in [1.807, 2.05) is 0 Å². The zero-order valence-electron chi connectivity index (χ0n) is 10.5. The standard InChI is InChI=1S/C13H20BrN3/c1-8(2)7-10-12(14)13-15-6-5-11(9-3-4-9)17(13)16-10/h8-9,11,15H,3-7H2,1-2H3. The summed E-state index contributed by atoms with van der Waals surface area (Å²) in [7, 11) is 0. The normalized spacial score (nSPS) is 23.6. The smallest absolute Gasteiger partial charge is 0.139 e. The van der Waals surface area contributed by atoms with Crippen LogP contribution in [0.15, 0.2) is 4.47 Å². The molecular weight excluding hydrogens is 278 g/mol. The summed E-state index contributed by atoms with van der Waals surface area (Å²) in [6.07, 6.45) is 5.06. The van der Waals surface area contributed by atoms with Crippen molar-refractivity contribution in [3.63, 3.8) is 0 Å². The lowest BCUT2D eigenvalue weighted by Gasteiger charge is -2.25. The van der Waals surface area contributed by atoms with E-state index in [2.05, 4.69) is 39.8 Å². The fourth-order valence-corrected chi connectivity index (χ4v) is 3.32. The van der Waals surface area contributed by atoms with Gasteiger partial charge in [-0.3, -0.25) is 0 Å². The van der Waals surface area contributed by atoms with Gasteiger partial charge in [-0.2, -0.15) is 5.10 Å². The van der Waals surface area contributed by atoms with Crippen LogP contribution in [-0.4, -0.2) is 16.3 Å². The maximum absolute atomic E-state index is 4.84. The van der Waals surface area contributed by atoms with E-state index < -0.39 is 0 Å². The van der Waals surface area contributed by atoms with Crippen molar-refractivity contribution < 1.29 is 0 Å². The first-order valence-corrected chi connectivity index (χ1v) is 7.47. The Morgan fingerprint density at radius 1 is 1.41 bits per heavy atom. The number of nitrogens with one attached hydrogen (secondary N) is 1. The number of halogens is 1. The van der Waals surface area contributed by atoms with Crippen LogP contribution in [0.1, 0.15) is 44.8 Å². The minimum Gasteiger partial charge on any atom is -0.369 e. The maximum atomic E-state index is 4.84. The van der Waals surface area contributed by atoms with Crippen molar-refractivity contribution in [3.05, 3.63) is 10.2 Å². The van der Waals surface area contributed by atoms with Crippen LogP contribution in [0.4, 0.5) is 5.82 Å². The van der Waals surface area contributed by atoms with Crippen LogP contribution in [0.2, 0.25) is 0 Å². The van der Waals surface area contributed by atoms with E-state index in [1.54, 1.807) is 0 Å². The lowest BCUT2D eigenvalue weighted by Crippen LogP contribution is -2.25.